The summed E-state index contributed by atoms with van der Waals surface area (Å²) in [7, 11) is 1.69. The van der Waals surface area contributed by atoms with E-state index in [1.807, 2.05) is 49.6 Å². The molecule has 3 heterocycles. The molecule has 0 unspecified atom stereocenters. The number of Topliss-reactive ketones (excluding diaryl/α,β-unsaturated/α-hetero) is 1. The van der Waals surface area contributed by atoms with Gasteiger partial charge in [-0.25, -0.2) is 0 Å². The Balaban J connectivity index is 1.41. The van der Waals surface area contributed by atoms with Gasteiger partial charge in [0.05, 0.1) is 33.3 Å². The van der Waals surface area contributed by atoms with E-state index in [2.05, 4.69) is 22.2 Å². The Hall–Kier alpha value is -3.06. The largest absolute Gasteiger partial charge is 0.497 e. The number of carbonyl (C=O) groups excluding carboxylic acids is 1. The lowest BCUT2D eigenvalue weighted by atomic mass is 10.1. The Kier molecular flexibility index (Phi) is 5.63. The third-order valence-corrected chi connectivity index (χ3v) is 5.88. The fourth-order valence-corrected chi connectivity index (χ4v) is 4.24. The highest BCUT2D eigenvalue weighted by Crippen LogP contribution is 2.22. The van der Waals surface area contributed by atoms with E-state index in [9.17, 15) is 4.79 Å². The molecule has 1 aliphatic heterocycles. The lowest BCUT2D eigenvalue weighted by molar-refractivity contribution is -0.892. The first kappa shape index (κ1) is 20.2. The number of nitrogens with one attached hydrogen (secondary N) is 1. The lowest BCUT2D eigenvalue weighted by Crippen LogP contribution is -3.15. The minimum absolute atomic E-state index is 0.180. The number of hydrogen-bond acceptors (Lipinski definition) is 5. The Bertz CT molecular complexity index is 1040. The van der Waals surface area contributed by atoms with Crippen molar-refractivity contribution in [2.24, 2.45) is 0 Å². The Morgan fingerprint density at radius 3 is 2.60 bits per heavy atom. The third kappa shape index (κ3) is 3.98. The van der Waals surface area contributed by atoms with Crippen molar-refractivity contribution in [3.63, 3.8) is 0 Å². The maximum atomic E-state index is 13.1. The molecule has 4 rings (SSSR count). The highest BCUT2D eigenvalue weighted by molar-refractivity contribution is 5.98. The summed E-state index contributed by atoms with van der Waals surface area (Å²) < 4.78 is 12.5. The molecule has 1 saturated heterocycles. The number of benzene rings is 1. The molecule has 7 heteroatoms. The Morgan fingerprint density at radius 2 is 1.93 bits per heavy atom. The van der Waals surface area contributed by atoms with Crippen molar-refractivity contribution < 1.29 is 19.0 Å². The highest BCUT2D eigenvalue weighted by atomic mass is 16.5. The van der Waals surface area contributed by atoms with Crippen LogP contribution in [0.15, 0.2) is 40.9 Å². The Morgan fingerprint density at radius 1 is 1.17 bits per heavy atom. The predicted octanol–water partition coefficient (Wildman–Crippen LogP) is 1.99. The Labute approximate surface area is 176 Å². The lowest BCUT2D eigenvalue weighted by Gasteiger charge is -2.33. The van der Waals surface area contributed by atoms with E-state index in [1.165, 1.54) is 10.6 Å². The summed E-state index contributed by atoms with van der Waals surface area (Å²) >= 11 is 0. The second kappa shape index (κ2) is 8.36. The van der Waals surface area contributed by atoms with Crippen molar-refractivity contribution in [3.8, 4) is 11.6 Å². The predicted molar refractivity (Wildman–Crippen MR) is 115 cm³/mol. The van der Waals surface area contributed by atoms with Crippen LogP contribution in [-0.2, 0) is 0 Å². The van der Waals surface area contributed by atoms with Gasteiger partial charge in [-0.1, -0.05) is 11.2 Å². The van der Waals surface area contributed by atoms with Crippen LogP contribution in [0, 0.1) is 20.8 Å². The van der Waals surface area contributed by atoms with Gasteiger partial charge in [0.15, 0.2) is 5.82 Å². The number of nitrogens with zero attached hydrogens (tertiary/aromatic N) is 3. The van der Waals surface area contributed by atoms with Crippen LogP contribution in [0.5, 0.6) is 5.75 Å². The van der Waals surface area contributed by atoms with Crippen molar-refractivity contribution >= 4 is 11.5 Å². The van der Waals surface area contributed by atoms with E-state index in [-0.39, 0.29) is 5.78 Å². The molecule has 0 saturated carbocycles. The molecule has 0 radical (unpaired) electrons. The second-order valence-electron chi connectivity index (χ2n) is 7.95. The highest BCUT2D eigenvalue weighted by Gasteiger charge is 2.25. The number of piperazine rings is 1. The van der Waals surface area contributed by atoms with Gasteiger partial charge < -0.3 is 19.1 Å². The first-order valence-corrected chi connectivity index (χ1v) is 10.3. The van der Waals surface area contributed by atoms with E-state index in [0.717, 1.165) is 60.5 Å². The summed E-state index contributed by atoms with van der Waals surface area (Å²) in [6.07, 6.45) is 0. The van der Waals surface area contributed by atoms with Crippen LogP contribution in [0.4, 0.5) is 5.69 Å². The standard InChI is InChI=1S/C23H28N4O3/c1-16-12-21(18(3)27(16)23-13-17(2)30-24-23)22(28)15-25-8-10-26(11-9-25)19-6-5-7-20(14-19)29-4/h5-7,12-14H,8-11,15H2,1-4H3/p+1. The molecule has 0 amide bonds. The van der Waals surface area contributed by atoms with Crippen LogP contribution >= 0.6 is 0 Å². The molecule has 7 nitrogen and oxygen atoms in total. The number of methoxy groups -OCH3 is 1. The molecule has 0 spiro atoms. The summed E-state index contributed by atoms with van der Waals surface area (Å²) in [6.45, 7) is 10.1. The van der Waals surface area contributed by atoms with Crippen LogP contribution in [0.3, 0.4) is 0 Å². The SMILES string of the molecule is COc1cccc(N2CC[NH+](CC(=O)c3cc(C)n(-c4cc(C)on4)c3C)CC2)c1. The minimum atomic E-state index is 0.180. The van der Waals surface area contributed by atoms with Crippen LogP contribution in [0.25, 0.3) is 5.82 Å². The maximum Gasteiger partial charge on any atom is 0.218 e. The number of carbonyl (C=O) groups is 1. The van der Waals surface area contributed by atoms with E-state index in [4.69, 9.17) is 9.26 Å². The van der Waals surface area contributed by atoms with Gasteiger partial charge in [0.1, 0.15) is 18.1 Å². The summed E-state index contributed by atoms with van der Waals surface area (Å²) in [5.74, 6) is 2.53. The molecular weight excluding hydrogens is 380 g/mol. The average molecular weight is 410 g/mol. The first-order chi connectivity index (χ1) is 14.5. The van der Waals surface area contributed by atoms with Gasteiger partial charge >= 0.3 is 0 Å². The fraction of sp³-hybridized carbons (Fsp3) is 0.391. The molecule has 30 heavy (non-hydrogen) atoms. The van der Waals surface area contributed by atoms with Crippen molar-refractivity contribution in [2.75, 3.05) is 44.7 Å². The van der Waals surface area contributed by atoms with Crippen LogP contribution in [-0.4, -0.2) is 55.3 Å². The van der Waals surface area contributed by atoms with Gasteiger partial charge in [0, 0.05) is 34.8 Å². The van der Waals surface area contributed by atoms with Crippen molar-refractivity contribution in [1.82, 2.24) is 9.72 Å². The van der Waals surface area contributed by atoms with E-state index >= 15 is 0 Å². The van der Waals surface area contributed by atoms with Gasteiger partial charge in [-0.05, 0) is 39.0 Å². The summed E-state index contributed by atoms with van der Waals surface area (Å²) in [6, 6.07) is 12.0. The summed E-state index contributed by atoms with van der Waals surface area (Å²) in [5, 5.41) is 4.10. The number of quaternary nitrogens is 1. The molecule has 0 atom stereocenters. The normalized spacial score (nSPS) is 14.9. The second-order valence-corrected chi connectivity index (χ2v) is 7.95. The molecule has 1 aromatic carbocycles. The number of anilines is 1. The van der Waals surface area contributed by atoms with Crippen molar-refractivity contribution in [1.29, 1.82) is 0 Å². The zero-order valence-corrected chi connectivity index (χ0v) is 18.1. The molecule has 0 bridgehead atoms. The maximum absolute atomic E-state index is 13.1. The molecule has 1 aliphatic rings. The van der Waals surface area contributed by atoms with Crippen LogP contribution in [0.1, 0.15) is 27.5 Å². The van der Waals surface area contributed by atoms with Crippen LogP contribution < -0.4 is 14.5 Å². The molecular formula is C23H29N4O3+. The molecule has 2 aromatic heterocycles. The zero-order chi connectivity index (χ0) is 21.3. The number of rotatable bonds is 6. The number of aromatic nitrogens is 2. The van der Waals surface area contributed by atoms with Gasteiger partial charge in [0.2, 0.25) is 5.78 Å². The summed E-state index contributed by atoms with van der Waals surface area (Å²) in [5.41, 5.74) is 3.85. The molecule has 1 N–H and O–H groups in total. The van der Waals surface area contributed by atoms with Crippen molar-refractivity contribution in [3.05, 3.63) is 59.1 Å². The summed E-state index contributed by atoms with van der Waals surface area (Å²) in [4.78, 5) is 16.7. The number of ether oxygens (including phenoxy) is 1. The zero-order valence-electron chi connectivity index (χ0n) is 18.1. The topological polar surface area (TPSA) is 64.9 Å². The van der Waals surface area contributed by atoms with Gasteiger partial charge in [-0.3, -0.25) is 9.36 Å². The van der Waals surface area contributed by atoms with Crippen molar-refractivity contribution in [2.45, 2.75) is 20.8 Å². The van der Waals surface area contributed by atoms with E-state index in [1.54, 1.807) is 7.11 Å². The van der Waals surface area contributed by atoms with Gasteiger partial charge in [-0.15, -0.1) is 0 Å². The number of ketones is 1. The van der Waals surface area contributed by atoms with Gasteiger partial charge in [0.25, 0.3) is 0 Å². The van der Waals surface area contributed by atoms with E-state index in [0.29, 0.717) is 6.54 Å². The molecule has 0 aliphatic carbocycles. The molecule has 3 aromatic rings. The fourth-order valence-electron chi connectivity index (χ4n) is 4.24. The third-order valence-electron chi connectivity index (χ3n) is 5.88. The number of aryl methyl sites for hydroxylation is 2. The van der Waals surface area contributed by atoms with Gasteiger partial charge in [-0.2, -0.15) is 0 Å². The number of hydrogen-bond donors (Lipinski definition) is 1. The first-order valence-electron chi connectivity index (χ1n) is 10.3. The smallest absolute Gasteiger partial charge is 0.218 e. The van der Waals surface area contributed by atoms with E-state index < -0.39 is 0 Å². The molecule has 1 fully saturated rings. The monoisotopic (exact) mass is 409 g/mol. The quantitative estimate of drug-likeness (QED) is 0.631. The van der Waals surface area contributed by atoms with Crippen LogP contribution in [0.2, 0.25) is 0 Å². The molecule has 158 valence electrons. The average Bonchev–Trinajstić information content (AvgIpc) is 3.30. The minimum Gasteiger partial charge on any atom is -0.497 e.